The zero-order valence-electron chi connectivity index (χ0n) is 9.75. The number of nitrogens with zero attached hydrogens (tertiary/aromatic N) is 3. The van der Waals surface area contributed by atoms with Gasteiger partial charge in [-0.15, -0.1) is 0 Å². The van der Waals surface area contributed by atoms with Crippen molar-refractivity contribution in [1.29, 1.82) is 5.26 Å². The number of H-pyrrole nitrogens is 1. The van der Waals surface area contributed by atoms with E-state index in [1.165, 1.54) is 6.20 Å². The first-order chi connectivity index (χ1) is 9.52. The molecule has 0 saturated carbocycles. The second-order valence-corrected chi connectivity index (χ2v) is 3.65. The van der Waals surface area contributed by atoms with Crippen molar-refractivity contribution in [3.8, 4) is 6.07 Å². The number of aromatic amines is 1. The number of carbonyl (C=O) groups is 1. The number of rotatable bonds is 3. The predicted octanol–water partition coefficient (Wildman–Crippen LogP) is 1.58. The van der Waals surface area contributed by atoms with Gasteiger partial charge >= 0.3 is 0 Å². The summed E-state index contributed by atoms with van der Waals surface area (Å²) < 4.78 is 13.5. The van der Waals surface area contributed by atoms with Crippen LogP contribution < -0.4 is 5.32 Å². The lowest BCUT2D eigenvalue weighted by Gasteiger charge is -2.04. The van der Waals surface area contributed by atoms with E-state index < -0.39 is 27.9 Å². The van der Waals surface area contributed by atoms with Crippen LogP contribution in [0.1, 0.15) is 15.9 Å². The van der Waals surface area contributed by atoms with E-state index in [9.17, 15) is 19.3 Å². The van der Waals surface area contributed by atoms with Crippen LogP contribution in [0, 0.1) is 27.3 Å². The van der Waals surface area contributed by atoms with E-state index in [2.05, 4.69) is 15.5 Å². The fraction of sp³-hybridized carbons (Fsp3) is 0. The van der Waals surface area contributed by atoms with Gasteiger partial charge in [0.1, 0.15) is 23.3 Å². The number of amides is 1. The first-order valence-corrected chi connectivity index (χ1v) is 5.21. The Morgan fingerprint density at radius 3 is 2.95 bits per heavy atom. The topological polar surface area (TPSA) is 125 Å². The Labute approximate surface area is 111 Å². The van der Waals surface area contributed by atoms with Crippen LogP contribution in [0.15, 0.2) is 24.4 Å². The van der Waals surface area contributed by atoms with E-state index in [0.717, 1.165) is 18.2 Å². The number of carbonyl (C=O) groups excluding carboxylic acids is 1. The second-order valence-electron chi connectivity index (χ2n) is 3.65. The lowest BCUT2D eigenvalue weighted by atomic mass is 10.1. The quantitative estimate of drug-likeness (QED) is 0.649. The lowest BCUT2D eigenvalue weighted by molar-refractivity contribution is -0.384. The highest BCUT2D eigenvalue weighted by atomic mass is 19.1. The van der Waals surface area contributed by atoms with Crippen LogP contribution in [0.25, 0.3) is 0 Å². The Morgan fingerprint density at radius 2 is 2.30 bits per heavy atom. The minimum absolute atomic E-state index is 0.0107. The minimum Gasteiger partial charge on any atom is -0.306 e. The van der Waals surface area contributed by atoms with Gasteiger partial charge in [0.15, 0.2) is 0 Å². The number of nitro benzene ring substituents is 1. The van der Waals surface area contributed by atoms with Crippen LogP contribution in [0.5, 0.6) is 0 Å². The summed E-state index contributed by atoms with van der Waals surface area (Å²) >= 11 is 0. The van der Waals surface area contributed by atoms with Gasteiger partial charge < -0.3 is 5.32 Å². The maximum absolute atomic E-state index is 13.5. The molecule has 1 amide bonds. The number of hydrogen-bond acceptors (Lipinski definition) is 5. The van der Waals surface area contributed by atoms with E-state index >= 15 is 0 Å². The number of non-ortho nitro benzene ring substituents is 1. The molecule has 1 aromatic heterocycles. The summed E-state index contributed by atoms with van der Waals surface area (Å²) in [5.74, 6) is -1.85. The number of nitro groups is 1. The third-order valence-corrected chi connectivity index (χ3v) is 2.40. The standard InChI is InChI=1S/C11H6FN5O3/c12-9-2-1-7(17(19)20)3-8(9)11(18)15-10-6(4-13)5-14-16-10/h1-3,5H,(H2,14,15,16,18). The molecule has 0 saturated heterocycles. The van der Waals surface area contributed by atoms with Crippen molar-refractivity contribution in [2.45, 2.75) is 0 Å². The fourth-order valence-corrected chi connectivity index (χ4v) is 1.45. The molecule has 20 heavy (non-hydrogen) atoms. The Kier molecular flexibility index (Phi) is 3.39. The monoisotopic (exact) mass is 275 g/mol. The van der Waals surface area contributed by atoms with E-state index in [1.54, 1.807) is 6.07 Å². The maximum atomic E-state index is 13.5. The van der Waals surface area contributed by atoms with Gasteiger partial charge in [0, 0.05) is 12.1 Å². The average molecular weight is 275 g/mol. The molecule has 2 N–H and O–H groups in total. The van der Waals surface area contributed by atoms with Gasteiger partial charge in [0.05, 0.1) is 16.7 Å². The van der Waals surface area contributed by atoms with Crippen LogP contribution in [0.4, 0.5) is 15.9 Å². The zero-order chi connectivity index (χ0) is 14.7. The van der Waals surface area contributed by atoms with Crippen molar-refractivity contribution in [2.24, 2.45) is 0 Å². The van der Waals surface area contributed by atoms with Crippen LogP contribution in [-0.2, 0) is 0 Å². The van der Waals surface area contributed by atoms with Crippen molar-refractivity contribution in [1.82, 2.24) is 10.2 Å². The van der Waals surface area contributed by atoms with Gasteiger partial charge in [-0.2, -0.15) is 10.4 Å². The van der Waals surface area contributed by atoms with Crippen molar-refractivity contribution >= 4 is 17.4 Å². The van der Waals surface area contributed by atoms with Crippen LogP contribution in [-0.4, -0.2) is 21.0 Å². The number of hydrogen-bond donors (Lipinski definition) is 2. The molecule has 100 valence electrons. The summed E-state index contributed by atoms with van der Waals surface area (Å²) in [7, 11) is 0. The molecule has 0 atom stereocenters. The predicted molar refractivity (Wildman–Crippen MR) is 64.3 cm³/mol. The molecule has 0 aliphatic heterocycles. The molecule has 9 heteroatoms. The molecule has 2 rings (SSSR count). The molecular formula is C11H6FN5O3. The van der Waals surface area contributed by atoms with Gasteiger partial charge in [-0.25, -0.2) is 4.39 Å². The molecule has 0 aliphatic carbocycles. The van der Waals surface area contributed by atoms with Gasteiger partial charge in [-0.05, 0) is 6.07 Å². The molecule has 0 fully saturated rings. The maximum Gasteiger partial charge on any atom is 0.270 e. The van der Waals surface area contributed by atoms with E-state index in [4.69, 9.17) is 5.26 Å². The summed E-state index contributed by atoms with van der Waals surface area (Å²) in [6, 6.07) is 4.35. The summed E-state index contributed by atoms with van der Waals surface area (Å²) in [4.78, 5) is 21.7. The van der Waals surface area contributed by atoms with Crippen LogP contribution in [0.3, 0.4) is 0 Å². The molecule has 0 bridgehead atoms. The average Bonchev–Trinajstić information content (AvgIpc) is 2.86. The zero-order valence-corrected chi connectivity index (χ0v) is 9.75. The highest BCUT2D eigenvalue weighted by Gasteiger charge is 2.18. The largest absolute Gasteiger partial charge is 0.306 e. The smallest absolute Gasteiger partial charge is 0.270 e. The Morgan fingerprint density at radius 1 is 1.55 bits per heavy atom. The highest BCUT2D eigenvalue weighted by Crippen LogP contribution is 2.18. The number of nitrogens with one attached hydrogen (secondary N) is 2. The third kappa shape index (κ3) is 2.44. The normalized spacial score (nSPS) is 9.80. The second kappa shape index (κ2) is 5.15. The van der Waals surface area contributed by atoms with E-state index in [-0.39, 0.29) is 11.4 Å². The lowest BCUT2D eigenvalue weighted by Crippen LogP contribution is -2.15. The molecule has 0 spiro atoms. The number of benzene rings is 1. The molecule has 8 nitrogen and oxygen atoms in total. The Hall–Kier alpha value is -3.28. The van der Waals surface area contributed by atoms with Crippen LogP contribution in [0.2, 0.25) is 0 Å². The Balaban J connectivity index is 2.32. The van der Waals surface area contributed by atoms with Crippen molar-refractivity contribution in [3.63, 3.8) is 0 Å². The summed E-state index contributed by atoms with van der Waals surface area (Å²) in [5.41, 5.74) is -0.858. The molecular weight excluding hydrogens is 269 g/mol. The summed E-state index contributed by atoms with van der Waals surface area (Å²) in [5, 5.41) is 27.5. The van der Waals surface area contributed by atoms with Crippen molar-refractivity contribution in [2.75, 3.05) is 5.32 Å². The molecule has 1 heterocycles. The Bertz CT molecular complexity index is 734. The molecule has 0 radical (unpaired) electrons. The fourth-order valence-electron chi connectivity index (χ4n) is 1.45. The van der Waals surface area contributed by atoms with Crippen LogP contribution >= 0.6 is 0 Å². The molecule has 1 aromatic carbocycles. The number of anilines is 1. The summed E-state index contributed by atoms with van der Waals surface area (Å²) in [6.45, 7) is 0. The minimum atomic E-state index is -0.924. The molecule has 0 aliphatic rings. The van der Waals surface area contributed by atoms with Gasteiger partial charge in [0.25, 0.3) is 11.6 Å². The van der Waals surface area contributed by atoms with E-state index in [0.29, 0.717) is 0 Å². The SMILES string of the molecule is N#Cc1cn[nH]c1NC(=O)c1cc([N+](=O)[O-])ccc1F. The number of halogens is 1. The molecule has 2 aromatic rings. The molecule has 0 unspecified atom stereocenters. The van der Waals surface area contributed by atoms with E-state index in [1.807, 2.05) is 0 Å². The number of aromatic nitrogens is 2. The first kappa shape index (κ1) is 13.2. The van der Waals surface area contributed by atoms with Gasteiger partial charge in [-0.3, -0.25) is 20.0 Å². The number of nitriles is 1. The van der Waals surface area contributed by atoms with Gasteiger partial charge in [0.2, 0.25) is 0 Å². The third-order valence-electron chi connectivity index (χ3n) is 2.40. The van der Waals surface area contributed by atoms with Gasteiger partial charge in [-0.1, -0.05) is 0 Å². The highest BCUT2D eigenvalue weighted by molar-refractivity contribution is 6.04. The van der Waals surface area contributed by atoms with Crippen molar-refractivity contribution in [3.05, 3.63) is 51.5 Å². The first-order valence-electron chi connectivity index (χ1n) is 5.21. The van der Waals surface area contributed by atoms with Crippen molar-refractivity contribution < 1.29 is 14.1 Å². The summed E-state index contributed by atoms with van der Waals surface area (Å²) in [6.07, 6.45) is 1.18.